The van der Waals surface area contributed by atoms with Crippen LogP contribution in [0.4, 0.5) is 0 Å². The Hall–Kier alpha value is -1.35. The number of ether oxygens (including phenoxy) is 1. The van der Waals surface area contributed by atoms with Crippen LogP contribution in [-0.2, 0) is 9.53 Å². The molecule has 1 aliphatic carbocycles. The minimum atomic E-state index is -1.18. The summed E-state index contributed by atoms with van der Waals surface area (Å²) >= 11 is 0. The minimum Gasteiger partial charge on any atom is -0.460 e. The van der Waals surface area contributed by atoms with Gasteiger partial charge in [0.2, 0.25) is 0 Å². The first kappa shape index (κ1) is 16.0. The molecule has 1 aromatic rings. The van der Waals surface area contributed by atoms with Gasteiger partial charge in [-0.15, -0.1) is 0 Å². The number of hydrogen-bond donors (Lipinski definition) is 1. The fourth-order valence-corrected chi connectivity index (χ4v) is 3.24. The Morgan fingerprint density at radius 2 is 1.90 bits per heavy atom. The van der Waals surface area contributed by atoms with Crippen molar-refractivity contribution >= 4 is 5.97 Å². The molecular weight excluding hydrogens is 264 g/mol. The Morgan fingerprint density at radius 3 is 2.52 bits per heavy atom. The van der Waals surface area contributed by atoms with Gasteiger partial charge in [0.15, 0.2) is 6.10 Å². The smallest absolute Gasteiger partial charge is 0.339 e. The lowest BCUT2D eigenvalue weighted by molar-refractivity contribution is -0.166. The molecule has 1 fully saturated rings. The van der Waals surface area contributed by atoms with Gasteiger partial charge in [0.25, 0.3) is 0 Å². The van der Waals surface area contributed by atoms with E-state index in [9.17, 15) is 9.90 Å². The number of aliphatic hydroxyl groups excluding tert-OH is 1. The summed E-state index contributed by atoms with van der Waals surface area (Å²) in [7, 11) is 0. The van der Waals surface area contributed by atoms with E-state index >= 15 is 0 Å². The zero-order valence-electron chi connectivity index (χ0n) is 13.2. The summed E-state index contributed by atoms with van der Waals surface area (Å²) < 4.78 is 5.66. The van der Waals surface area contributed by atoms with E-state index in [2.05, 4.69) is 20.8 Å². The van der Waals surface area contributed by atoms with Crippen LogP contribution < -0.4 is 0 Å². The molecule has 0 amide bonds. The first-order valence-corrected chi connectivity index (χ1v) is 7.92. The van der Waals surface area contributed by atoms with Crippen molar-refractivity contribution in [3.05, 3.63) is 35.9 Å². The molecule has 3 heteroatoms. The van der Waals surface area contributed by atoms with Crippen LogP contribution in [0.25, 0.3) is 0 Å². The van der Waals surface area contributed by atoms with Gasteiger partial charge in [0.1, 0.15) is 6.10 Å². The number of carbonyl (C=O) groups excluding carboxylic acids is 1. The number of esters is 1. The van der Waals surface area contributed by atoms with E-state index in [1.807, 2.05) is 18.2 Å². The van der Waals surface area contributed by atoms with Crippen LogP contribution in [0.5, 0.6) is 0 Å². The molecule has 0 aromatic heterocycles. The van der Waals surface area contributed by atoms with Crippen molar-refractivity contribution in [1.82, 2.24) is 0 Å². The minimum absolute atomic E-state index is 0.0698. The first-order valence-electron chi connectivity index (χ1n) is 7.92. The predicted molar refractivity (Wildman–Crippen MR) is 82.6 cm³/mol. The van der Waals surface area contributed by atoms with E-state index in [0.29, 0.717) is 23.3 Å². The summed E-state index contributed by atoms with van der Waals surface area (Å²) in [6, 6.07) is 8.97. The Balaban J connectivity index is 2.02. The summed E-state index contributed by atoms with van der Waals surface area (Å²) in [6.07, 6.45) is 1.93. The van der Waals surface area contributed by atoms with Crippen LogP contribution in [0.3, 0.4) is 0 Å². The highest BCUT2D eigenvalue weighted by Gasteiger charge is 2.34. The maximum atomic E-state index is 12.2. The number of rotatable bonds is 4. The largest absolute Gasteiger partial charge is 0.460 e. The second-order valence-electron chi connectivity index (χ2n) is 6.61. The average molecular weight is 290 g/mol. The van der Waals surface area contributed by atoms with Crippen molar-refractivity contribution in [2.75, 3.05) is 0 Å². The Kier molecular flexibility index (Phi) is 5.40. The van der Waals surface area contributed by atoms with Crippen LogP contribution in [0.15, 0.2) is 30.3 Å². The molecule has 1 aromatic carbocycles. The second-order valence-corrected chi connectivity index (χ2v) is 6.61. The topological polar surface area (TPSA) is 46.5 Å². The molecule has 1 saturated carbocycles. The first-order chi connectivity index (χ1) is 9.99. The number of aliphatic hydroxyl groups is 1. The molecule has 4 atom stereocenters. The zero-order chi connectivity index (χ0) is 15.4. The predicted octanol–water partition coefficient (Wildman–Crippen LogP) is 3.72. The van der Waals surface area contributed by atoms with Crippen molar-refractivity contribution in [1.29, 1.82) is 0 Å². The molecule has 21 heavy (non-hydrogen) atoms. The van der Waals surface area contributed by atoms with Gasteiger partial charge in [-0.3, -0.25) is 0 Å². The normalized spacial score (nSPS) is 27.4. The Labute approximate surface area is 127 Å². The molecule has 0 heterocycles. The SMILES string of the molecule is CC(C)[C@H]1CC[C@@H](C)C[C@H]1OC(=O)[C@@H](O)c1ccccc1. The monoisotopic (exact) mass is 290 g/mol. The summed E-state index contributed by atoms with van der Waals surface area (Å²) in [5, 5.41) is 10.1. The molecule has 1 N–H and O–H groups in total. The molecule has 116 valence electrons. The van der Waals surface area contributed by atoms with Crippen molar-refractivity contribution < 1.29 is 14.6 Å². The highest BCUT2D eigenvalue weighted by Crippen LogP contribution is 2.36. The van der Waals surface area contributed by atoms with Crippen molar-refractivity contribution in [2.24, 2.45) is 17.8 Å². The maximum absolute atomic E-state index is 12.2. The lowest BCUT2D eigenvalue weighted by Gasteiger charge is -2.37. The van der Waals surface area contributed by atoms with E-state index in [-0.39, 0.29) is 6.10 Å². The van der Waals surface area contributed by atoms with Crippen LogP contribution in [-0.4, -0.2) is 17.2 Å². The highest BCUT2D eigenvalue weighted by atomic mass is 16.6. The number of hydrogen-bond acceptors (Lipinski definition) is 3. The molecule has 0 bridgehead atoms. The van der Waals surface area contributed by atoms with Crippen molar-refractivity contribution in [2.45, 2.75) is 52.2 Å². The van der Waals surface area contributed by atoms with E-state index in [0.717, 1.165) is 12.8 Å². The van der Waals surface area contributed by atoms with Crippen LogP contribution in [0.2, 0.25) is 0 Å². The second kappa shape index (κ2) is 7.08. The molecule has 0 saturated heterocycles. The van der Waals surface area contributed by atoms with Crippen molar-refractivity contribution in [3.63, 3.8) is 0 Å². The third-order valence-corrected chi connectivity index (χ3v) is 4.57. The number of carbonyl (C=O) groups is 1. The fraction of sp³-hybridized carbons (Fsp3) is 0.611. The Morgan fingerprint density at radius 1 is 1.24 bits per heavy atom. The van der Waals surface area contributed by atoms with Gasteiger partial charge in [-0.05, 0) is 36.2 Å². The van der Waals surface area contributed by atoms with Gasteiger partial charge in [0, 0.05) is 0 Å². The summed E-state index contributed by atoms with van der Waals surface area (Å²) in [5.41, 5.74) is 0.590. The van der Waals surface area contributed by atoms with Gasteiger partial charge in [-0.1, -0.05) is 57.5 Å². The molecule has 2 rings (SSSR count). The van der Waals surface area contributed by atoms with Crippen LogP contribution >= 0.6 is 0 Å². The van der Waals surface area contributed by atoms with Crippen molar-refractivity contribution in [3.8, 4) is 0 Å². The van der Waals surface area contributed by atoms with E-state index < -0.39 is 12.1 Å². The third kappa shape index (κ3) is 4.07. The molecule has 3 nitrogen and oxygen atoms in total. The lowest BCUT2D eigenvalue weighted by atomic mass is 9.75. The van der Waals surface area contributed by atoms with Gasteiger partial charge < -0.3 is 9.84 Å². The highest BCUT2D eigenvalue weighted by molar-refractivity contribution is 5.76. The van der Waals surface area contributed by atoms with Gasteiger partial charge >= 0.3 is 5.97 Å². The third-order valence-electron chi connectivity index (χ3n) is 4.57. The van der Waals surface area contributed by atoms with Gasteiger partial charge in [-0.25, -0.2) is 4.79 Å². The quantitative estimate of drug-likeness (QED) is 0.860. The summed E-state index contributed by atoms with van der Waals surface area (Å²) in [6.45, 7) is 6.55. The van der Waals surface area contributed by atoms with E-state index in [1.54, 1.807) is 12.1 Å². The molecule has 0 aliphatic heterocycles. The standard InChI is InChI=1S/C18H26O3/c1-12(2)15-10-9-13(3)11-16(15)21-18(20)17(19)14-7-5-4-6-8-14/h4-8,12-13,15-17,19H,9-11H2,1-3H3/t13-,15-,16-,17+/m1/s1. The summed E-state index contributed by atoms with van der Waals surface area (Å²) in [5.74, 6) is 0.940. The molecule has 0 radical (unpaired) electrons. The van der Waals surface area contributed by atoms with E-state index in [1.165, 1.54) is 6.42 Å². The van der Waals surface area contributed by atoms with Crippen LogP contribution in [0, 0.1) is 17.8 Å². The van der Waals surface area contributed by atoms with Crippen LogP contribution in [0.1, 0.15) is 51.7 Å². The zero-order valence-corrected chi connectivity index (χ0v) is 13.2. The summed E-state index contributed by atoms with van der Waals surface area (Å²) in [4.78, 5) is 12.2. The molecule has 0 spiro atoms. The molecule has 1 aliphatic rings. The maximum Gasteiger partial charge on any atom is 0.339 e. The molecule has 0 unspecified atom stereocenters. The van der Waals surface area contributed by atoms with E-state index in [4.69, 9.17) is 4.74 Å². The number of benzene rings is 1. The van der Waals surface area contributed by atoms with Gasteiger partial charge in [0.05, 0.1) is 0 Å². The fourth-order valence-electron chi connectivity index (χ4n) is 3.24. The Bertz CT molecular complexity index is 455. The lowest BCUT2D eigenvalue weighted by Crippen LogP contribution is -2.37. The molecular formula is C18H26O3. The average Bonchev–Trinajstić information content (AvgIpc) is 2.47. The van der Waals surface area contributed by atoms with Gasteiger partial charge in [-0.2, -0.15) is 0 Å².